The number of anilines is 1. The Morgan fingerprint density at radius 1 is 1.21 bits per heavy atom. The Balaban J connectivity index is 1.27. The van der Waals surface area contributed by atoms with Crippen LogP contribution in [0.3, 0.4) is 0 Å². The van der Waals surface area contributed by atoms with E-state index < -0.39 is 41.9 Å². The second kappa shape index (κ2) is 9.81. The number of piperazine rings is 1. The van der Waals surface area contributed by atoms with Crippen LogP contribution in [0.2, 0.25) is 0 Å². The van der Waals surface area contributed by atoms with Crippen LogP contribution >= 0.6 is 0 Å². The topological polar surface area (TPSA) is 95.8 Å². The zero-order valence-electron chi connectivity index (χ0n) is 26.1. The van der Waals surface area contributed by atoms with Crippen molar-refractivity contribution < 1.29 is 27.1 Å². The van der Waals surface area contributed by atoms with Gasteiger partial charge in [-0.25, -0.2) is 13.2 Å². The van der Waals surface area contributed by atoms with Crippen molar-refractivity contribution in [2.75, 3.05) is 37.6 Å². The number of ether oxygens (including phenoxy) is 1. The van der Waals surface area contributed by atoms with E-state index in [2.05, 4.69) is 15.2 Å². The second-order valence-corrected chi connectivity index (χ2v) is 11.9. The van der Waals surface area contributed by atoms with Crippen molar-refractivity contribution in [1.29, 1.82) is 0 Å². The fourth-order valence-electron chi connectivity index (χ4n) is 7.19. The molecule has 0 amide bonds. The molecule has 224 valence electrons. The average molecular weight is 596 g/mol. The molecule has 2 aromatic heterocycles. The number of rotatable bonds is 5. The summed E-state index contributed by atoms with van der Waals surface area (Å²) in [6, 6.07) is 6.48. The fourth-order valence-corrected chi connectivity index (χ4v) is 7.19. The number of hydrogen-bond donors (Lipinski definition) is 2. The molecule has 4 atom stereocenters. The van der Waals surface area contributed by atoms with Crippen molar-refractivity contribution in [3.63, 3.8) is 0 Å². The van der Waals surface area contributed by atoms with Gasteiger partial charge in [0.15, 0.2) is 11.6 Å². The van der Waals surface area contributed by atoms with Gasteiger partial charge in [-0.05, 0) is 55.8 Å². The number of piperidine rings is 2. The number of nitrogens with one attached hydrogen (secondary N) is 1. The number of phenols is 1. The molecule has 43 heavy (non-hydrogen) atoms. The van der Waals surface area contributed by atoms with E-state index in [0.717, 1.165) is 30.0 Å². The van der Waals surface area contributed by atoms with Crippen LogP contribution in [-0.2, 0) is 0 Å². The van der Waals surface area contributed by atoms with Crippen LogP contribution in [0.1, 0.15) is 36.2 Å². The Morgan fingerprint density at radius 2 is 2.09 bits per heavy atom. The zero-order valence-corrected chi connectivity index (χ0v) is 23.1. The summed E-state index contributed by atoms with van der Waals surface area (Å²) in [7, 11) is 0. The van der Waals surface area contributed by atoms with Gasteiger partial charge in [-0.2, -0.15) is 9.97 Å². The van der Waals surface area contributed by atoms with Crippen LogP contribution in [0.4, 0.5) is 19.0 Å². The number of pyridine rings is 1. The van der Waals surface area contributed by atoms with Gasteiger partial charge in [0, 0.05) is 58.5 Å². The van der Waals surface area contributed by atoms with E-state index in [1.807, 2.05) is 0 Å². The van der Waals surface area contributed by atoms with Gasteiger partial charge in [-0.3, -0.25) is 14.3 Å². The molecule has 2 N–H and O–H groups in total. The fraction of sp³-hybridized carbons (Fsp3) is 0.452. The summed E-state index contributed by atoms with van der Waals surface area (Å²) < 4.78 is 76.5. The molecule has 5 aliphatic heterocycles. The van der Waals surface area contributed by atoms with Crippen molar-refractivity contribution in [2.24, 2.45) is 0 Å². The Hall–Kier alpha value is -3.90. The average Bonchev–Trinajstić information content (AvgIpc) is 3.45. The maximum atomic E-state index is 15.1. The van der Waals surface area contributed by atoms with E-state index in [-0.39, 0.29) is 71.7 Å². The highest BCUT2D eigenvalue weighted by Crippen LogP contribution is 2.41. The summed E-state index contributed by atoms with van der Waals surface area (Å²) in [5.74, 6) is -2.07. The molecule has 2 aromatic carbocycles. The maximum absolute atomic E-state index is 15.1. The van der Waals surface area contributed by atoms with Gasteiger partial charge in [-0.1, -0.05) is 6.07 Å². The molecule has 5 saturated heterocycles. The minimum absolute atomic E-state index is 0.0620. The highest BCUT2D eigenvalue weighted by Gasteiger charge is 2.49. The Bertz CT molecular complexity index is 1970. The number of benzene rings is 2. The number of aromatic nitrogens is 3. The predicted octanol–water partition coefficient (Wildman–Crippen LogP) is 3.81. The Labute approximate surface area is 249 Å². The van der Waals surface area contributed by atoms with Crippen molar-refractivity contribution in [1.82, 2.24) is 24.8 Å². The van der Waals surface area contributed by atoms with Crippen LogP contribution in [0, 0.1) is 11.6 Å². The maximum Gasteiger partial charge on any atom is 0.319 e. The molecule has 9 nitrogen and oxygen atoms in total. The largest absolute Gasteiger partial charge is 0.508 e. The molecule has 4 aromatic rings. The molecule has 2 bridgehead atoms. The number of halogens is 3. The number of fused-ring (bicyclic) bond motifs is 6. The molecule has 7 heterocycles. The van der Waals surface area contributed by atoms with Crippen molar-refractivity contribution >= 4 is 27.5 Å². The monoisotopic (exact) mass is 595 g/mol. The molecule has 0 aliphatic carbocycles. The lowest BCUT2D eigenvalue weighted by molar-refractivity contribution is 0.107. The molecular formula is C31H31F3N6O3. The Kier molecular flexibility index (Phi) is 5.37. The van der Waals surface area contributed by atoms with Crippen molar-refractivity contribution in [3.05, 3.63) is 58.5 Å². The quantitative estimate of drug-likeness (QED) is 0.360. The van der Waals surface area contributed by atoms with Crippen LogP contribution in [0.5, 0.6) is 11.8 Å². The van der Waals surface area contributed by atoms with E-state index >= 15 is 4.39 Å². The number of nitrogens with zero attached hydrogens (tertiary/aromatic N) is 5. The summed E-state index contributed by atoms with van der Waals surface area (Å²) in [5.41, 5.74) is -1.92. The standard InChI is InChI=1S/C31H31F3N6O3/c32-18-12-31(7-1-8-38(31)14-18)16-43-30-36-27-22(28(37-30)40-15-19-3-4-20(40)13-35-19)6-9-39(29(27)42)24-11-21(41)10-17-2-5-23(33)26(34)25(17)24/h2,5-6,9-11,18-20,35,41H,1,3-4,7-8,12-16H2/t18-,19?,20?,31+/m1/s1/i8D2,18D. The van der Waals surface area contributed by atoms with Crippen molar-refractivity contribution in [2.45, 2.75) is 55.9 Å². The third-order valence-corrected chi connectivity index (χ3v) is 9.35. The second-order valence-electron chi connectivity index (χ2n) is 11.9. The summed E-state index contributed by atoms with van der Waals surface area (Å²) in [5, 5.41) is 14.3. The van der Waals surface area contributed by atoms with Gasteiger partial charge < -0.3 is 20.1 Å². The molecule has 5 aliphatic rings. The van der Waals surface area contributed by atoms with Gasteiger partial charge in [0.1, 0.15) is 29.8 Å². The highest BCUT2D eigenvalue weighted by molar-refractivity contribution is 5.94. The van der Waals surface area contributed by atoms with Gasteiger partial charge >= 0.3 is 6.01 Å². The van der Waals surface area contributed by atoms with E-state index in [1.165, 1.54) is 29.3 Å². The number of alkyl halides is 1. The van der Waals surface area contributed by atoms with Gasteiger partial charge in [0.25, 0.3) is 5.56 Å². The van der Waals surface area contributed by atoms with Gasteiger partial charge in [0.2, 0.25) is 0 Å². The Morgan fingerprint density at radius 3 is 2.88 bits per heavy atom. The van der Waals surface area contributed by atoms with Crippen LogP contribution in [0.25, 0.3) is 27.4 Å². The third kappa shape index (κ3) is 4.25. The van der Waals surface area contributed by atoms with E-state index in [0.29, 0.717) is 17.7 Å². The lowest BCUT2D eigenvalue weighted by Crippen LogP contribution is -2.61. The molecule has 2 unspecified atom stereocenters. The number of hydrogen-bond acceptors (Lipinski definition) is 8. The van der Waals surface area contributed by atoms with E-state index in [4.69, 9.17) is 13.8 Å². The summed E-state index contributed by atoms with van der Waals surface area (Å²) >= 11 is 0. The molecule has 5 fully saturated rings. The predicted molar refractivity (Wildman–Crippen MR) is 155 cm³/mol. The van der Waals surface area contributed by atoms with Crippen LogP contribution in [0.15, 0.2) is 41.3 Å². The van der Waals surface area contributed by atoms with Gasteiger partial charge in [-0.15, -0.1) is 0 Å². The van der Waals surface area contributed by atoms with Gasteiger partial charge in [0.05, 0.1) is 18.0 Å². The molecule has 0 spiro atoms. The van der Waals surface area contributed by atoms with E-state index in [9.17, 15) is 18.7 Å². The first-order chi connectivity index (χ1) is 21.8. The first-order valence-corrected chi connectivity index (χ1v) is 14.5. The molecule has 0 radical (unpaired) electrons. The number of aromatic hydroxyl groups is 1. The van der Waals surface area contributed by atoms with Crippen LogP contribution in [-0.4, -0.2) is 81.0 Å². The SMILES string of the molecule is [2H]C1([2H])CC[C@@]2(COc3nc(N4CC5CCC4CN5)c4ccn(-c5cc(O)cc6ccc(F)c(F)c56)c(=O)c4n3)C[C@@]([2H])(F)CN12. The normalized spacial score (nSPS) is 30.9. The van der Waals surface area contributed by atoms with Crippen molar-refractivity contribution in [3.8, 4) is 17.4 Å². The summed E-state index contributed by atoms with van der Waals surface area (Å²) in [6.45, 7) is -1.05. The first-order valence-electron chi connectivity index (χ1n) is 16.0. The lowest BCUT2D eigenvalue weighted by atomic mass is 9.93. The highest BCUT2D eigenvalue weighted by atomic mass is 19.2. The smallest absolute Gasteiger partial charge is 0.319 e. The van der Waals surface area contributed by atoms with Crippen LogP contribution < -0.4 is 20.5 Å². The molecule has 12 heteroatoms. The zero-order chi connectivity index (χ0) is 32.2. The summed E-state index contributed by atoms with van der Waals surface area (Å²) in [4.78, 5) is 26.9. The minimum atomic E-state index is -2.35. The van der Waals surface area contributed by atoms with E-state index in [1.54, 1.807) is 6.07 Å². The first kappa shape index (κ1) is 23.5. The third-order valence-electron chi connectivity index (χ3n) is 9.35. The summed E-state index contributed by atoms with van der Waals surface area (Å²) in [6.07, 6.45) is 1.14. The minimum Gasteiger partial charge on any atom is -0.508 e. The molecular weight excluding hydrogens is 561 g/mol. The number of phenolic OH excluding ortho intramolecular Hbond substituents is 1. The molecule has 0 saturated carbocycles. The molecule has 9 rings (SSSR count). The lowest BCUT2D eigenvalue weighted by Gasteiger charge is -2.46.